The van der Waals surface area contributed by atoms with Crippen LogP contribution in [0.4, 0.5) is 34.1 Å². The average Bonchev–Trinajstić information content (AvgIpc) is 3.91. The van der Waals surface area contributed by atoms with Crippen LogP contribution in [0.2, 0.25) is 0 Å². The SMILES string of the molecule is c1ccc(-c2cccc(N(c3ccccc3)c3ccc4cc5c(cc4c3)C3(c4ccccc4-c4ccccc43)c3cc4cc(N(c6ccccc6)c6cccc(-c7ccccc7)c6)ccc4cc3-5)c2)cc1. The minimum atomic E-state index is -0.529. The second-order valence-corrected chi connectivity index (χ2v) is 18.9. The van der Waals surface area contributed by atoms with Crippen LogP contribution < -0.4 is 9.80 Å². The van der Waals surface area contributed by atoms with Gasteiger partial charge in [-0.1, -0.05) is 182 Å². The molecule has 0 aromatic heterocycles. The van der Waals surface area contributed by atoms with Crippen LogP contribution in [0, 0.1) is 0 Å². The van der Waals surface area contributed by atoms with E-state index in [1.807, 2.05) is 0 Å². The Hall–Kier alpha value is -9.24. The van der Waals surface area contributed by atoms with Crippen molar-refractivity contribution in [3.63, 3.8) is 0 Å². The van der Waals surface area contributed by atoms with Gasteiger partial charge in [0.2, 0.25) is 0 Å². The lowest BCUT2D eigenvalue weighted by Gasteiger charge is -2.31. The van der Waals surface area contributed by atoms with Crippen molar-refractivity contribution in [1.29, 1.82) is 0 Å². The van der Waals surface area contributed by atoms with Crippen molar-refractivity contribution in [3.8, 4) is 44.5 Å². The van der Waals surface area contributed by atoms with E-state index in [2.05, 4.69) is 289 Å². The van der Waals surface area contributed by atoms with E-state index in [-0.39, 0.29) is 0 Å². The fourth-order valence-corrected chi connectivity index (χ4v) is 11.8. The largest absolute Gasteiger partial charge is 0.310 e. The van der Waals surface area contributed by atoms with Crippen LogP contribution in [0.5, 0.6) is 0 Å². The minimum absolute atomic E-state index is 0.529. The third kappa shape index (κ3) is 6.57. The van der Waals surface area contributed by atoms with Gasteiger partial charge >= 0.3 is 0 Å². The standard InChI is InChI=1S/C69H46N2/c1-5-19-47(20-6-1)49-23-17-29-57(39-49)70(55-25-9-3-10-26-55)59-37-35-51-43-63-64-44-52-36-38-60(71(56-27-11-4-12-28-56)58-30-18-24-50(40-58)48-21-7-2-8-22-48)42-54(52)46-68(64)69(67(63)45-53(51)41-59)65-33-15-13-31-61(65)62-32-14-16-34-66(62)69/h1-46H. The fraction of sp³-hybridized carbons (Fsp3) is 0.0145. The normalized spacial score (nSPS) is 12.6. The summed E-state index contributed by atoms with van der Waals surface area (Å²) in [5.41, 5.74) is 21.4. The van der Waals surface area contributed by atoms with Crippen LogP contribution in [-0.2, 0) is 5.41 Å². The molecular formula is C69H46N2. The Kier molecular flexibility index (Phi) is 9.47. The minimum Gasteiger partial charge on any atom is -0.310 e. The summed E-state index contributed by atoms with van der Waals surface area (Å²) in [6, 6.07) is 103. The van der Waals surface area contributed by atoms with Gasteiger partial charge in [0.15, 0.2) is 0 Å². The van der Waals surface area contributed by atoms with Gasteiger partial charge in [-0.3, -0.25) is 0 Å². The molecular weight excluding hydrogens is 857 g/mol. The summed E-state index contributed by atoms with van der Waals surface area (Å²) in [6.45, 7) is 0. The molecule has 0 atom stereocenters. The van der Waals surface area contributed by atoms with Gasteiger partial charge < -0.3 is 9.80 Å². The van der Waals surface area contributed by atoms with E-state index in [1.54, 1.807) is 0 Å². The number of para-hydroxylation sites is 2. The van der Waals surface area contributed by atoms with Crippen LogP contribution in [0.3, 0.4) is 0 Å². The highest BCUT2D eigenvalue weighted by molar-refractivity contribution is 6.05. The number of hydrogen-bond donors (Lipinski definition) is 0. The van der Waals surface area contributed by atoms with Crippen molar-refractivity contribution in [3.05, 3.63) is 301 Å². The monoisotopic (exact) mass is 902 g/mol. The Morgan fingerprint density at radius 3 is 0.986 bits per heavy atom. The molecule has 2 heteroatoms. The Morgan fingerprint density at radius 1 is 0.197 bits per heavy atom. The molecule has 0 amide bonds. The second-order valence-electron chi connectivity index (χ2n) is 18.9. The first-order valence-corrected chi connectivity index (χ1v) is 24.6. The van der Waals surface area contributed by atoms with E-state index < -0.39 is 5.41 Å². The van der Waals surface area contributed by atoms with Crippen LogP contribution in [-0.4, -0.2) is 0 Å². The average molecular weight is 903 g/mol. The Bertz CT molecular complexity index is 3730. The summed E-state index contributed by atoms with van der Waals surface area (Å²) in [6.07, 6.45) is 0. The maximum absolute atomic E-state index is 2.52. The summed E-state index contributed by atoms with van der Waals surface area (Å²) >= 11 is 0. The molecule has 12 aromatic carbocycles. The molecule has 2 aliphatic rings. The quantitative estimate of drug-likeness (QED) is 0.150. The molecule has 0 radical (unpaired) electrons. The van der Waals surface area contributed by atoms with Gasteiger partial charge in [-0.2, -0.15) is 0 Å². The van der Waals surface area contributed by atoms with Gasteiger partial charge in [0.05, 0.1) is 5.41 Å². The summed E-state index contributed by atoms with van der Waals surface area (Å²) in [5.74, 6) is 0. The lowest BCUT2D eigenvalue weighted by atomic mass is 9.70. The Labute approximate surface area is 414 Å². The fourth-order valence-electron chi connectivity index (χ4n) is 11.8. The molecule has 14 rings (SSSR count). The van der Waals surface area contributed by atoms with E-state index in [1.165, 1.54) is 88.3 Å². The number of nitrogens with zero attached hydrogens (tertiary/aromatic N) is 2. The van der Waals surface area contributed by atoms with E-state index in [0.29, 0.717) is 0 Å². The van der Waals surface area contributed by atoms with E-state index >= 15 is 0 Å². The molecule has 2 nitrogen and oxygen atoms in total. The second kappa shape index (κ2) is 16.5. The third-order valence-corrected chi connectivity index (χ3v) is 14.9. The number of hydrogen-bond acceptors (Lipinski definition) is 2. The third-order valence-electron chi connectivity index (χ3n) is 14.9. The number of anilines is 6. The number of fused-ring (bicyclic) bond motifs is 12. The molecule has 0 fully saturated rings. The van der Waals surface area contributed by atoms with Crippen molar-refractivity contribution in [2.75, 3.05) is 9.80 Å². The van der Waals surface area contributed by atoms with Gasteiger partial charge in [0.25, 0.3) is 0 Å². The van der Waals surface area contributed by atoms with E-state index in [9.17, 15) is 0 Å². The molecule has 0 bridgehead atoms. The zero-order valence-corrected chi connectivity index (χ0v) is 39.0. The van der Waals surface area contributed by atoms with Gasteiger partial charge in [0.1, 0.15) is 0 Å². The van der Waals surface area contributed by atoms with Gasteiger partial charge in [0, 0.05) is 34.1 Å². The van der Waals surface area contributed by atoms with Crippen molar-refractivity contribution >= 4 is 55.7 Å². The highest BCUT2D eigenvalue weighted by Gasteiger charge is 2.51. The molecule has 0 unspecified atom stereocenters. The first kappa shape index (κ1) is 40.8. The predicted molar refractivity (Wildman–Crippen MR) is 298 cm³/mol. The van der Waals surface area contributed by atoms with Gasteiger partial charge in [-0.15, -0.1) is 0 Å². The van der Waals surface area contributed by atoms with E-state index in [4.69, 9.17) is 0 Å². The molecule has 1 spiro atoms. The molecule has 0 heterocycles. The van der Waals surface area contributed by atoms with Crippen LogP contribution in [0.25, 0.3) is 66.1 Å². The van der Waals surface area contributed by atoms with Gasteiger partial charge in [-0.25, -0.2) is 0 Å². The van der Waals surface area contributed by atoms with Crippen molar-refractivity contribution in [2.24, 2.45) is 0 Å². The van der Waals surface area contributed by atoms with Crippen LogP contribution in [0.1, 0.15) is 22.3 Å². The predicted octanol–water partition coefficient (Wildman–Crippen LogP) is 18.6. The first-order chi connectivity index (χ1) is 35.2. The first-order valence-electron chi connectivity index (χ1n) is 24.6. The summed E-state index contributed by atoms with van der Waals surface area (Å²) < 4.78 is 0. The van der Waals surface area contributed by atoms with Crippen molar-refractivity contribution < 1.29 is 0 Å². The number of rotatable bonds is 8. The molecule has 0 N–H and O–H groups in total. The van der Waals surface area contributed by atoms with E-state index in [0.717, 1.165) is 34.1 Å². The molecule has 71 heavy (non-hydrogen) atoms. The van der Waals surface area contributed by atoms with Crippen LogP contribution >= 0.6 is 0 Å². The van der Waals surface area contributed by atoms with Crippen molar-refractivity contribution in [2.45, 2.75) is 5.41 Å². The highest BCUT2D eigenvalue weighted by Crippen LogP contribution is 2.64. The lowest BCUT2D eigenvalue weighted by Crippen LogP contribution is -2.25. The molecule has 0 saturated carbocycles. The Balaban J connectivity index is 0.967. The lowest BCUT2D eigenvalue weighted by molar-refractivity contribution is 0.796. The summed E-state index contributed by atoms with van der Waals surface area (Å²) in [7, 11) is 0. The molecule has 2 aliphatic carbocycles. The Morgan fingerprint density at radius 2 is 0.549 bits per heavy atom. The smallest absolute Gasteiger partial charge is 0.0725 e. The zero-order valence-electron chi connectivity index (χ0n) is 39.0. The highest BCUT2D eigenvalue weighted by atomic mass is 15.1. The molecule has 332 valence electrons. The van der Waals surface area contributed by atoms with Gasteiger partial charge in [-0.05, 0) is 185 Å². The van der Waals surface area contributed by atoms with Crippen LogP contribution in [0.15, 0.2) is 279 Å². The maximum Gasteiger partial charge on any atom is 0.0725 e. The summed E-state index contributed by atoms with van der Waals surface area (Å²) in [4.78, 5) is 4.79. The summed E-state index contributed by atoms with van der Waals surface area (Å²) in [5, 5.41) is 4.85. The topological polar surface area (TPSA) is 6.48 Å². The van der Waals surface area contributed by atoms with Crippen molar-refractivity contribution in [1.82, 2.24) is 0 Å². The molecule has 0 saturated heterocycles. The molecule has 12 aromatic rings. The zero-order chi connectivity index (χ0) is 46.9. The number of benzene rings is 12. The maximum atomic E-state index is 2.52. The molecule has 0 aliphatic heterocycles.